The molecule has 17 heavy (non-hydrogen) atoms. The third kappa shape index (κ3) is 7.60. The summed E-state index contributed by atoms with van der Waals surface area (Å²) in [5.74, 6) is -0.190. The van der Waals surface area contributed by atoms with Crippen molar-refractivity contribution in [2.75, 3.05) is 7.05 Å². The van der Waals surface area contributed by atoms with Crippen LogP contribution >= 0.6 is 0 Å². The van der Waals surface area contributed by atoms with Crippen molar-refractivity contribution in [3.05, 3.63) is 0 Å². The molecule has 0 aliphatic rings. The maximum absolute atomic E-state index is 11.5. The Morgan fingerprint density at radius 1 is 1.29 bits per heavy atom. The molecule has 5 nitrogen and oxygen atoms in total. The molecule has 0 fully saturated rings. The van der Waals surface area contributed by atoms with Crippen molar-refractivity contribution in [1.82, 2.24) is 10.6 Å². The fourth-order valence-corrected chi connectivity index (χ4v) is 1.30. The Morgan fingerprint density at radius 3 is 2.29 bits per heavy atom. The molecule has 0 aromatic rings. The average Bonchev–Trinajstić information content (AvgIpc) is 2.20. The van der Waals surface area contributed by atoms with Crippen molar-refractivity contribution >= 4 is 12.0 Å². The maximum atomic E-state index is 11.5. The number of hydrogen-bond acceptors (Lipinski definition) is 3. The van der Waals surface area contributed by atoms with Crippen LogP contribution in [0.25, 0.3) is 0 Å². The van der Waals surface area contributed by atoms with Gasteiger partial charge in [-0.2, -0.15) is 0 Å². The van der Waals surface area contributed by atoms with Crippen LogP contribution < -0.4 is 10.6 Å². The van der Waals surface area contributed by atoms with Gasteiger partial charge in [0.25, 0.3) is 0 Å². The van der Waals surface area contributed by atoms with Crippen LogP contribution in [-0.2, 0) is 9.53 Å². The van der Waals surface area contributed by atoms with E-state index in [1.54, 1.807) is 27.8 Å². The van der Waals surface area contributed by atoms with Gasteiger partial charge in [0, 0.05) is 7.05 Å². The van der Waals surface area contributed by atoms with E-state index in [2.05, 4.69) is 10.6 Å². The largest absolute Gasteiger partial charge is 0.444 e. The fourth-order valence-electron chi connectivity index (χ4n) is 1.30. The highest BCUT2D eigenvalue weighted by atomic mass is 16.6. The summed E-state index contributed by atoms with van der Waals surface area (Å²) in [6.07, 6.45) is 1.93. The predicted octanol–water partition coefficient (Wildman–Crippen LogP) is 1.82. The third-order valence-corrected chi connectivity index (χ3v) is 2.10. The minimum atomic E-state index is -0.554. The van der Waals surface area contributed by atoms with E-state index in [1.165, 1.54) is 0 Å². The van der Waals surface area contributed by atoms with Crippen molar-refractivity contribution in [1.29, 1.82) is 0 Å². The van der Waals surface area contributed by atoms with Crippen LogP contribution in [0.1, 0.15) is 47.0 Å². The Bertz CT molecular complexity index is 259. The van der Waals surface area contributed by atoms with E-state index >= 15 is 0 Å². The van der Waals surface area contributed by atoms with Crippen molar-refractivity contribution < 1.29 is 14.3 Å². The molecule has 2 N–H and O–H groups in total. The van der Waals surface area contributed by atoms with E-state index in [4.69, 9.17) is 4.74 Å². The number of carbonyl (C=O) groups excluding carboxylic acids is 2. The molecule has 0 radical (unpaired) electrons. The lowest BCUT2D eigenvalue weighted by Gasteiger charge is -2.22. The van der Waals surface area contributed by atoms with Crippen LogP contribution in [0.15, 0.2) is 0 Å². The highest BCUT2D eigenvalue weighted by molar-refractivity contribution is 5.85. The zero-order chi connectivity index (χ0) is 13.5. The number of hydrogen-bond donors (Lipinski definition) is 2. The second-order valence-corrected chi connectivity index (χ2v) is 4.96. The maximum Gasteiger partial charge on any atom is 0.408 e. The summed E-state index contributed by atoms with van der Waals surface area (Å²) in [4.78, 5) is 23.1. The molecular formula is C12H24N2O3. The Hall–Kier alpha value is -1.26. The van der Waals surface area contributed by atoms with Gasteiger partial charge in [-0.1, -0.05) is 19.8 Å². The van der Waals surface area contributed by atoms with Crippen LogP contribution in [-0.4, -0.2) is 30.7 Å². The average molecular weight is 244 g/mol. The molecule has 0 unspecified atom stereocenters. The number of unbranched alkanes of at least 4 members (excludes halogenated alkanes) is 1. The Morgan fingerprint density at radius 2 is 1.88 bits per heavy atom. The number of carbonyl (C=O) groups is 2. The zero-order valence-electron chi connectivity index (χ0n) is 11.4. The third-order valence-electron chi connectivity index (χ3n) is 2.10. The number of rotatable bonds is 5. The van der Waals surface area contributed by atoms with Gasteiger partial charge in [0.05, 0.1) is 0 Å². The molecule has 0 aliphatic heterocycles. The SMILES string of the molecule is CCCC[C@H](NC(=O)OC(C)(C)C)C(=O)NC. The lowest BCUT2D eigenvalue weighted by Crippen LogP contribution is -2.47. The molecule has 100 valence electrons. The number of likely N-dealkylation sites (N-methyl/N-ethyl adjacent to an activating group) is 1. The van der Waals surface area contributed by atoms with E-state index in [0.717, 1.165) is 12.8 Å². The summed E-state index contributed by atoms with van der Waals surface area (Å²) >= 11 is 0. The first-order valence-corrected chi connectivity index (χ1v) is 6.01. The molecular weight excluding hydrogens is 220 g/mol. The van der Waals surface area contributed by atoms with Crippen LogP contribution in [0.4, 0.5) is 4.79 Å². The Labute approximate surface area is 103 Å². The number of amides is 2. The summed E-state index contributed by atoms with van der Waals surface area (Å²) in [7, 11) is 1.55. The Balaban J connectivity index is 4.32. The first-order chi connectivity index (χ1) is 7.80. The molecule has 0 saturated carbocycles. The normalized spacial score (nSPS) is 12.8. The summed E-state index contributed by atoms with van der Waals surface area (Å²) < 4.78 is 5.11. The topological polar surface area (TPSA) is 67.4 Å². The van der Waals surface area contributed by atoms with Crippen LogP contribution in [0.3, 0.4) is 0 Å². The molecule has 0 saturated heterocycles. The molecule has 0 aromatic heterocycles. The summed E-state index contributed by atoms with van der Waals surface area (Å²) in [5.41, 5.74) is -0.553. The Kier molecular flexibility index (Phi) is 6.61. The molecule has 0 aliphatic carbocycles. The lowest BCUT2D eigenvalue weighted by molar-refractivity contribution is -0.122. The van der Waals surface area contributed by atoms with Gasteiger partial charge in [-0.05, 0) is 27.2 Å². The van der Waals surface area contributed by atoms with E-state index < -0.39 is 17.7 Å². The van der Waals surface area contributed by atoms with Gasteiger partial charge in [-0.3, -0.25) is 4.79 Å². The first kappa shape index (κ1) is 15.7. The fraction of sp³-hybridized carbons (Fsp3) is 0.833. The van der Waals surface area contributed by atoms with Gasteiger partial charge in [0.15, 0.2) is 0 Å². The van der Waals surface area contributed by atoms with E-state index in [0.29, 0.717) is 6.42 Å². The van der Waals surface area contributed by atoms with E-state index in [-0.39, 0.29) is 5.91 Å². The molecule has 5 heteroatoms. The lowest BCUT2D eigenvalue weighted by atomic mass is 10.1. The van der Waals surface area contributed by atoms with Gasteiger partial charge in [0.2, 0.25) is 5.91 Å². The molecule has 0 heterocycles. The van der Waals surface area contributed by atoms with Gasteiger partial charge in [0.1, 0.15) is 11.6 Å². The monoisotopic (exact) mass is 244 g/mol. The van der Waals surface area contributed by atoms with Gasteiger partial charge >= 0.3 is 6.09 Å². The molecule has 0 aromatic carbocycles. The first-order valence-electron chi connectivity index (χ1n) is 6.01. The van der Waals surface area contributed by atoms with Crippen molar-refractivity contribution in [3.8, 4) is 0 Å². The van der Waals surface area contributed by atoms with Crippen molar-refractivity contribution in [2.45, 2.75) is 58.6 Å². The number of alkyl carbamates (subject to hydrolysis) is 1. The van der Waals surface area contributed by atoms with Gasteiger partial charge < -0.3 is 15.4 Å². The highest BCUT2D eigenvalue weighted by Crippen LogP contribution is 2.08. The molecule has 0 bridgehead atoms. The molecule has 1 atom stereocenters. The molecule has 2 amide bonds. The second-order valence-electron chi connectivity index (χ2n) is 4.96. The number of nitrogens with one attached hydrogen (secondary N) is 2. The van der Waals surface area contributed by atoms with E-state index in [9.17, 15) is 9.59 Å². The zero-order valence-corrected chi connectivity index (χ0v) is 11.4. The second kappa shape index (κ2) is 7.14. The predicted molar refractivity (Wildman–Crippen MR) is 66.7 cm³/mol. The van der Waals surface area contributed by atoms with Crippen LogP contribution in [0.2, 0.25) is 0 Å². The standard InChI is InChI=1S/C12H24N2O3/c1-6-7-8-9(10(15)13-5)14-11(16)17-12(2,3)4/h9H,6-8H2,1-5H3,(H,13,15)(H,14,16)/t9-/m0/s1. The van der Waals surface area contributed by atoms with Crippen LogP contribution in [0, 0.1) is 0 Å². The minimum Gasteiger partial charge on any atom is -0.444 e. The summed E-state index contributed by atoms with van der Waals surface area (Å²) in [6.45, 7) is 7.39. The quantitative estimate of drug-likeness (QED) is 0.775. The highest BCUT2D eigenvalue weighted by Gasteiger charge is 2.22. The number of ether oxygens (including phenoxy) is 1. The molecule has 0 rings (SSSR count). The minimum absolute atomic E-state index is 0.190. The van der Waals surface area contributed by atoms with Gasteiger partial charge in [-0.15, -0.1) is 0 Å². The van der Waals surface area contributed by atoms with Crippen molar-refractivity contribution in [2.24, 2.45) is 0 Å². The van der Waals surface area contributed by atoms with Crippen LogP contribution in [0.5, 0.6) is 0 Å². The van der Waals surface area contributed by atoms with Gasteiger partial charge in [-0.25, -0.2) is 4.79 Å². The summed E-state index contributed by atoms with van der Waals surface area (Å²) in [5, 5.41) is 5.12. The van der Waals surface area contributed by atoms with Crippen molar-refractivity contribution in [3.63, 3.8) is 0 Å². The smallest absolute Gasteiger partial charge is 0.408 e. The van der Waals surface area contributed by atoms with E-state index in [1.807, 2.05) is 6.92 Å². The summed E-state index contributed by atoms with van der Waals surface area (Å²) in [6, 6.07) is -0.519. The molecule has 0 spiro atoms.